The summed E-state index contributed by atoms with van der Waals surface area (Å²) >= 11 is 0. The summed E-state index contributed by atoms with van der Waals surface area (Å²) in [6.07, 6.45) is 5.03. The Kier molecular flexibility index (Phi) is 2.36. The molecular formula is C8H13N3O. The third-order valence-electron chi connectivity index (χ3n) is 2.20. The predicted octanol–water partition coefficient (Wildman–Crippen LogP) is 0.774. The molecule has 66 valence electrons. The minimum Gasteiger partial charge on any atom is -0.381 e. The smallest absolute Gasteiger partial charge is 0.130 e. The molecule has 0 amide bonds. The number of rotatable bonds is 2. The van der Waals surface area contributed by atoms with E-state index in [1.54, 1.807) is 6.33 Å². The van der Waals surface area contributed by atoms with E-state index in [1.807, 2.05) is 0 Å². The molecule has 1 unspecified atom stereocenters. The van der Waals surface area contributed by atoms with Gasteiger partial charge >= 0.3 is 0 Å². The average Bonchev–Trinajstić information content (AvgIpc) is 2.59. The van der Waals surface area contributed by atoms with E-state index in [0.29, 0.717) is 5.92 Å². The van der Waals surface area contributed by atoms with Gasteiger partial charge in [-0.05, 0) is 18.8 Å². The lowest BCUT2D eigenvalue weighted by Gasteiger charge is -2.20. The maximum Gasteiger partial charge on any atom is 0.130 e. The first-order valence-electron chi connectivity index (χ1n) is 4.38. The molecule has 1 atom stereocenters. The second-order valence-corrected chi connectivity index (χ2v) is 3.22. The molecule has 1 fully saturated rings. The molecule has 0 saturated carbocycles. The number of H-pyrrole nitrogens is 1. The van der Waals surface area contributed by atoms with E-state index in [2.05, 4.69) is 15.2 Å². The fraction of sp³-hybridized carbons (Fsp3) is 0.750. The molecule has 0 bridgehead atoms. The fourth-order valence-electron chi connectivity index (χ4n) is 1.57. The van der Waals surface area contributed by atoms with Crippen LogP contribution in [0.25, 0.3) is 0 Å². The van der Waals surface area contributed by atoms with Gasteiger partial charge in [-0.15, -0.1) is 10.2 Å². The SMILES string of the molecule is c1nnc(CC2CCCOC2)[nH]1. The summed E-state index contributed by atoms with van der Waals surface area (Å²) in [6, 6.07) is 0. The van der Waals surface area contributed by atoms with Gasteiger partial charge in [-0.25, -0.2) is 0 Å². The number of nitrogens with one attached hydrogen (secondary N) is 1. The van der Waals surface area contributed by atoms with Gasteiger partial charge in [0.05, 0.1) is 0 Å². The minimum absolute atomic E-state index is 0.631. The summed E-state index contributed by atoms with van der Waals surface area (Å²) in [7, 11) is 0. The third-order valence-corrected chi connectivity index (χ3v) is 2.20. The van der Waals surface area contributed by atoms with Crippen molar-refractivity contribution < 1.29 is 4.74 Å². The van der Waals surface area contributed by atoms with Crippen molar-refractivity contribution in [2.75, 3.05) is 13.2 Å². The van der Waals surface area contributed by atoms with Gasteiger partial charge in [0.2, 0.25) is 0 Å². The third kappa shape index (κ3) is 1.82. The molecule has 1 aromatic heterocycles. The van der Waals surface area contributed by atoms with Crippen LogP contribution in [0.2, 0.25) is 0 Å². The molecule has 0 radical (unpaired) electrons. The van der Waals surface area contributed by atoms with Gasteiger partial charge in [-0.3, -0.25) is 0 Å². The number of ether oxygens (including phenoxy) is 1. The van der Waals surface area contributed by atoms with Crippen molar-refractivity contribution >= 4 is 0 Å². The summed E-state index contributed by atoms with van der Waals surface area (Å²) in [6.45, 7) is 1.80. The molecule has 1 N–H and O–H groups in total. The molecule has 2 heterocycles. The van der Waals surface area contributed by atoms with E-state index in [0.717, 1.165) is 25.5 Å². The maximum atomic E-state index is 5.37. The van der Waals surface area contributed by atoms with Gasteiger partial charge in [0.1, 0.15) is 12.2 Å². The van der Waals surface area contributed by atoms with Crippen LogP contribution in [0.5, 0.6) is 0 Å². The fourth-order valence-corrected chi connectivity index (χ4v) is 1.57. The molecule has 4 nitrogen and oxygen atoms in total. The Labute approximate surface area is 71.3 Å². The van der Waals surface area contributed by atoms with Crippen LogP contribution in [-0.2, 0) is 11.2 Å². The Balaban J connectivity index is 1.86. The zero-order valence-electron chi connectivity index (χ0n) is 6.99. The van der Waals surface area contributed by atoms with E-state index >= 15 is 0 Å². The van der Waals surface area contributed by atoms with E-state index in [9.17, 15) is 0 Å². The lowest BCUT2D eigenvalue weighted by Crippen LogP contribution is -2.19. The number of hydrogen-bond donors (Lipinski definition) is 1. The summed E-state index contributed by atoms with van der Waals surface area (Å²) in [5.41, 5.74) is 0. The monoisotopic (exact) mass is 167 g/mol. The highest BCUT2D eigenvalue weighted by molar-refractivity contribution is 4.83. The van der Waals surface area contributed by atoms with Gasteiger partial charge in [-0.1, -0.05) is 0 Å². The van der Waals surface area contributed by atoms with Crippen molar-refractivity contribution in [2.45, 2.75) is 19.3 Å². The molecule has 0 aromatic carbocycles. The van der Waals surface area contributed by atoms with Crippen molar-refractivity contribution in [1.29, 1.82) is 0 Å². The zero-order valence-corrected chi connectivity index (χ0v) is 6.99. The van der Waals surface area contributed by atoms with Crippen LogP contribution >= 0.6 is 0 Å². The van der Waals surface area contributed by atoms with Crippen molar-refractivity contribution in [1.82, 2.24) is 15.2 Å². The van der Waals surface area contributed by atoms with Crippen molar-refractivity contribution in [2.24, 2.45) is 5.92 Å². The van der Waals surface area contributed by atoms with Crippen LogP contribution in [0.15, 0.2) is 6.33 Å². The molecule has 12 heavy (non-hydrogen) atoms. The maximum absolute atomic E-state index is 5.37. The molecule has 1 aromatic rings. The molecule has 2 rings (SSSR count). The summed E-state index contributed by atoms with van der Waals surface area (Å²) < 4.78 is 5.37. The number of hydrogen-bond acceptors (Lipinski definition) is 3. The highest BCUT2D eigenvalue weighted by Crippen LogP contribution is 2.16. The molecular weight excluding hydrogens is 154 g/mol. The topological polar surface area (TPSA) is 50.8 Å². The van der Waals surface area contributed by atoms with Gasteiger partial charge in [-0.2, -0.15) is 0 Å². The first-order valence-corrected chi connectivity index (χ1v) is 4.38. The molecule has 4 heteroatoms. The highest BCUT2D eigenvalue weighted by Gasteiger charge is 2.15. The second-order valence-electron chi connectivity index (χ2n) is 3.22. The van der Waals surface area contributed by atoms with Gasteiger partial charge < -0.3 is 9.72 Å². The van der Waals surface area contributed by atoms with Gasteiger partial charge in [0.25, 0.3) is 0 Å². The lowest BCUT2D eigenvalue weighted by molar-refractivity contribution is 0.0543. The predicted molar refractivity (Wildman–Crippen MR) is 43.6 cm³/mol. The first kappa shape index (κ1) is 7.73. The lowest BCUT2D eigenvalue weighted by atomic mass is 9.98. The van der Waals surface area contributed by atoms with Crippen molar-refractivity contribution in [3.8, 4) is 0 Å². The van der Waals surface area contributed by atoms with E-state index < -0.39 is 0 Å². The molecule has 1 saturated heterocycles. The summed E-state index contributed by atoms with van der Waals surface area (Å²) in [5, 5.41) is 7.69. The average molecular weight is 167 g/mol. The summed E-state index contributed by atoms with van der Waals surface area (Å²) in [4.78, 5) is 3.01. The minimum atomic E-state index is 0.631. The van der Waals surface area contributed by atoms with Crippen molar-refractivity contribution in [3.63, 3.8) is 0 Å². The first-order chi connectivity index (χ1) is 5.95. The van der Waals surface area contributed by atoms with Crippen LogP contribution < -0.4 is 0 Å². The standard InChI is InChI=1S/C8H13N3O/c1-2-7(5-12-3-1)4-8-9-6-10-11-8/h6-7H,1-5H2,(H,9,10,11). The van der Waals surface area contributed by atoms with Crippen LogP contribution in [-0.4, -0.2) is 28.4 Å². The van der Waals surface area contributed by atoms with Crippen molar-refractivity contribution in [3.05, 3.63) is 12.2 Å². The Hall–Kier alpha value is -0.900. The second kappa shape index (κ2) is 3.67. The Morgan fingerprint density at radius 3 is 3.33 bits per heavy atom. The Morgan fingerprint density at radius 1 is 1.67 bits per heavy atom. The summed E-state index contributed by atoms with van der Waals surface area (Å²) in [5.74, 6) is 1.61. The molecule has 1 aliphatic rings. The molecule has 1 aliphatic heterocycles. The van der Waals surface area contributed by atoms with Crippen LogP contribution in [0.4, 0.5) is 0 Å². The van der Waals surface area contributed by atoms with E-state index in [4.69, 9.17) is 4.74 Å². The van der Waals surface area contributed by atoms with E-state index in [1.165, 1.54) is 12.8 Å². The van der Waals surface area contributed by atoms with Crippen LogP contribution in [0.3, 0.4) is 0 Å². The number of aromatic nitrogens is 3. The van der Waals surface area contributed by atoms with Crippen LogP contribution in [0.1, 0.15) is 18.7 Å². The largest absolute Gasteiger partial charge is 0.381 e. The highest BCUT2D eigenvalue weighted by atomic mass is 16.5. The van der Waals surface area contributed by atoms with Gasteiger partial charge in [0, 0.05) is 19.6 Å². The normalized spacial score (nSPS) is 24.2. The zero-order chi connectivity index (χ0) is 8.23. The van der Waals surface area contributed by atoms with E-state index in [-0.39, 0.29) is 0 Å². The molecule has 0 spiro atoms. The van der Waals surface area contributed by atoms with Gasteiger partial charge in [0.15, 0.2) is 0 Å². The Bertz CT molecular complexity index is 216. The Morgan fingerprint density at radius 2 is 2.67 bits per heavy atom. The number of nitrogens with zero attached hydrogens (tertiary/aromatic N) is 2. The molecule has 0 aliphatic carbocycles. The quantitative estimate of drug-likeness (QED) is 0.708. The number of aromatic amines is 1. The van der Waals surface area contributed by atoms with Crippen LogP contribution in [0, 0.1) is 5.92 Å².